The number of hydrogen-bond acceptors (Lipinski definition) is 7. The van der Waals surface area contributed by atoms with Crippen LogP contribution in [0.3, 0.4) is 0 Å². The molecule has 3 rings (SSSR count). The Morgan fingerprint density at radius 3 is 2.91 bits per heavy atom. The molecule has 6 nitrogen and oxygen atoms in total. The van der Waals surface area contributed by atoms with Crippen molar-refractivity contribution in [1.29, 1.82) is 0 Å². The molecule has 0 saturated heterocycles. The first-order valence-electron chi connectivity index (χ1n) is 6.52. The van der Waals surface area contributed by atoms with Crippen LogP contribution < -0.4 is 0 Å². The van der Waals surface area contributed by atoms with E-state index in [1.807, 2.05) is 16.8 Å². The van der Waals surface area contributed by atoms with Gasteiger partial charge in [-0.05, 0) is 17.0 Å². The number of nitrogens with zero attached hydrogens (tertiary/aromatic N) is 2. The molecule has 0 aliphatic rings. The average molecular weight is 346 g/mol. The maximum absolute atomic E-state index is 12.0. The van der Waals surface area contributed by atoms with Gasteiger partial charge in [0.25, 0.3) is 5.69 Å². The molecule has 0 atom stereocenters. The predicted molar refractivity (Wildman–Crippen MR) is 87.6 cm³/mol. The first kappa shape index (κ1) is 15.3. The third-order valence-corrected chi connectivity index (χ3v) is 4.55. The second kappa shape index (κ2) is 6.67. The van der Waals surface area contributed by atoms with Crippen molar-refractivity contribution in [2.45, 2.75) is 6.61 Å². The Morgan fingerprint density at radius 1 is 1.30 bits per heavy atom. The highest BCUT2D eigenvalue weighted by Crippen LogP contribution is 2.26. The van der Waals surface area contributed by atoms with Gasteiger partial charge >= 0.3 is 5.97 Å². The maximum Gasteiger partial charge on any atom is 0.358 e. The number of nitro benzene ring substituents is 1. The Hall–Kier alpha value is -2.58. The lowest BCUT2D eigenvalue weighted by Gasteiger charge is -2.03. The summed E-state index contributed by atoms with van der Waals surface area (Å²) in [4.78, 5) is 26.5. The number of hydrogen-bond donors (Lipinski definition) is 0. The van der Waals surface area contributed by atoms with Crippen LogP contribution in [-0.2, 0) is 11.3 Å². The van der Waals surface area contributed by atoms with E-state index in [2.05, 4.69) is 4.98 Å². The number of rotatable bonds is 5. The number of aromatic nitrogens is 1. The van der Waals surface area contributed by atoms with Crippen LogP contribution in [0, 0.1) is 10.1 Å². The van der Waals surface area contributed by atoms with Gasteiger partial charge in [-0.3, -0.25) is 10.1 Å². The SMILES string of the molecule is O=C(OCc1cccc([N+](=O)[O-])c1)c1csc(-c2ccsc2)n1. The van der Waals surface area contributed by atoms with Gasteiger partial charge in [0, 0.05) is 28.5 Å². The van der Waals surface area contributed by atoms with Gasteiger partial charge in [-0.2, -0.15) is 11.3 Å². The summed E-state index contributed by atoms with van der Waals surface area (Å²) in [6, 6.07) is 7.92. The second-order valence-corrected chi connectivity index (χ2v) is 6.19. The molecule has 0 fully saturated rings. The van der Waals surface area contributed by atoms with Crippen LogP contribution in [0.5, 0.6) is 0 Å². The summed E-state index contributed by atoms with van der Waals surface area (Å²) in [6.45, 7) is -0.0359. The second-order valence-electron chi connectivity index (χ2n) is 4.55. The molecular formula is C15H10N2O4S2. The fourth-order valence-corrected chi connectivity index (χ4v) is 3.37. The summed E-state index contributed by atoms with van der Waals surface area (Å²) in [5.41, 5.74) is 1.73. The van der Waals surface area contributed by atoms with Crippen LogP contribution in [0.2, 0.25) is 0 Å². The topological polar surface area (TPSA) is 82.3 Å². The Labute approximate surface area is 139 Å². The van der Waals surface area contributed by atoms with Crippen molar-refractivity contribution in [3.05, 3.63) is 67.8 Å². The molecule has 0 bridgehead atoms. The highest BCUT2D eigenvalue weighted by atomic mass is 32.1. The Morgan fingerprint density at radius 2 is 2.17 bits per heavy atom. The smallest absolute Gasteiger partial charge is 0.358 e. The van der Waals surface area contributed by atoms with E-state index < -0.39 is 10.9 Å². The molecule has 0 amide bonds. The molecule has 8 heteroatoms. The van der Waals surface area contributed by atoms with E-state index >= 15 is 0 Å². The molecule has 0 N–H and O–H groups in total. The first-order chi connectivity index (χ1) is 11.1. The monoisotopic (exact) mass is 346 g/mol. The summed E-state index contributed by atoms with van der Waals surface area (Å²) < 4.78 is 5.16. The maximum atomic E-state index is 12.0. The van der Waals surface area contributed by atoms with Gasteiger partial charge < -0.3 is 4.74 Å². The molecule has 0 radical (unpaired) electrons. The number of thiazole rings is 1. The fourth-order valence-electron chi connectivity index (χ4n) is 1.87. The molecule has 116 valence electrons. The minimum atomic E-state index is -0.547. The summed E-state index contributed by atoms with van der Waals surface area (Å²) in [6.07, 6.45) is 0. The number of nitro groups is 1. The van der Waals surface area contributed by atoms with Gasteiger partial charge in [0.2, 0.25) is 0 Å². The van der Waals surface area contributed by atoms with Crippen molar-refractivity contribution in [3.63, 3.8) is 0 Å². The Balaban J connectivity index is 1.66. The third-order valence-electron chi connectivity index (χ3n) is 2.97. The lowest BCUT2D eigenvalue weighted by Crippen LogP contribution is -2.05. The largest absolute Gasteiger partial charge is 0.456 e. The van der Waals surface area contributed by atoms with Gasteiger partial charge in [0.15, 0.2) is 5.69 Å². The molecule has 0 spiro atoms. The lowest BCUT2D eigenvalue weighted by atomic mass is 10.2. The Bertz CT molecular complexity index is 843. The van der Waals surface area contributed by atoms with Gasteiger partial charge in [-0.25, -0.2) is 9.78 Å². The van der Waals surface area contributed by atoms with Crippen molar-refractivity contribution in [1.82, 2.24) is 4.98 Å². The Kier molecular flexibility index (Phi) is 4.45. The molecule has 3 aromatic rings. The molecule has 2 heterocycles. The minimum absolute atomic E-state index is 0.0352. The van der Waals surface area contributed by atoms with E-state index in [4.69, 9.17) is 4.74 Å². The zero-order chi connectivity index (χ0) is 16.2. The summed E-state index contributed by atoms with van der Waals surface area (Å²) in [5, 5.41) is 17.0. The van der Waals surface area contributed by atoms with E-state index in [1.165, 1.54) is 23.5 Å². The van der Waals surface area contributed by atoms with Gasteiger partial charge in [-0.15, -0.1) is 11.3 Å². The minimum Gasteiger partial charge on any atom is -0.456 e. The number of benzene rings is 1. The van der Waals surface area contributed by atoms with Crippen LogP contribution in [0.4, 0.5) is 5.69 Å². The summed E-state index contributed by atoms with van der Waals surface area (Å²) in [5.74, 6) is -0.547. The van der Waals surface area contributed by atoms with E-state index in [0.717, 1.165) is 10.6 Å². The molecule has 0 unspecified atom stereocenters. The normalized spacial score (nSPS) is 10.4. The van der Waals surface area contributed by atoms with Gasteiger partial charge in [0.05, 0.1) is 4.92 Å². The number of ether oxygens (including phenoxy) is 1. The number of esters is 1. The van der Waals surface area contributed by atoms with Crippen LogP contribution in [0.15, 0.2) is 46.5 Å². The van der Waals surface area contributed by atoms with E-state index in [-0.39, 0.29) is 18.0 Å². The van der Waals surface area contributed by atoms with E-state index in [1.54, 1.807) is 28.8 Å². The van der Waals surface area contributed by atoms with Crippen molar-refractivity contribution in [2.24, 2.45) is 0 Å². The lowest BCUT2D eigenvalue weighted by molar-refractivity contribution is -0.384. The van der Waals surface area contributed by atoms with Gasteiger partial charge in [-0.1, -0.05) is 12.1 Å². The van der Waals surface area contributed by atoms with Crippen LogP contribution >= 0.6 is 22.7 Å². The standard InChI is InChI=1S/C15H10N2O4S2/c18-15(13-9-23-14(16-13)11-4-5-22-8-11)21-7-10-2-1-3-12(6-10)17(19)20/h1-6,8-9H,7H2. The van der Waals surface area contributed by atoms with Crippen molar-refractivity contribution in [3.8, 4) is 10.6 Å². The fraction of sp³-hybridized carbons (Fsp3) is 0.0667. The van der Waals surface area contributed by atoms with Crippen molar-refractivity contribution >= 4 is 34.3 Å². The zero-order valence-corrected chi connectivity index (χ0v) is 13.3. The molecule has 1 aromatic carbocycles. The molecular weight excluding hydrogens is 336 g/mol. The molecule has 23 heavy (non-hydrogen) atoms. The summed E-state index contributed by atoms with van der Waals surface area (Å²) >= 11 is 2.93. The van der Waals surface area contributed by atoms with Crippen LogP contribution in [0.1, 0.15) is 16.1 Å². The van der Waals surface area contributed by atoms with Gasteiger partial charge in [0.1, 0.15) is 11.6 Å². The number of non-ortho nitro benzene ring substituents is 1. The van der Waals surface area contributed by atoms with Crippen molar-refractivity contribution < 1.29 is 14.5 Å². The number of thiophene rings is 1. The average Bonchev–Trinajstić information content (AvgIpc) is 3.23. The van der Waals surface area contributed by atoms with Crippen LogP contribution in [-0.4, -0.2) is 15.9 Å². The molecule has 0 saturated carbocycles. The van der Waals surface area contributed by atoms with Crippen LogP contribution in [0.25, 0.3) is 10.6 Å². The quantitative estimate of drug-likeness (QED) is 0.394. The number of carbonyl (C=O) groups excluding carboxylic acids is 1. The molecule has 0 aliphatic heterocycles. The number of carbonyl (C=O) groups is 1. The summed E-state index contributed by atoms with van der Waals surface area (Å²) in [7, 11) is 0. The van der Waals surface area contributed by atoms with E-state index in [9.17, 15) is 14.9 Å². The highest BCUT2D eigenvalue weighted by molar-refractivity contribution is 7.14. The zero-order valence-electron chi connectivity index (χ0n) is 11.7. The first-order valence-corrected chi connectivity index (χ1v) is 8.34. The highest BCUT2D eigenvalue weighted by Gasteiger charge is 2.14. The van der Waals surface area contributed by atoms with E-state index in [0.29, 0.717) is 5.56 Å². The third kappa shape index (κ3) is 3.61. The predicted octanol–water partition coefficient (Wildman–Crippen LogP) is 4.14. The molecule has 2 aromatic heterocycles. The van der Waals surface area contributed by atoms with Crippen molar-refractivity contribution in [2.75, 3.05) is 0 Å². The molecule has 0 aliphatic carbocycles.